The first-order chi connectivity index (χ1) is 8.83. The van der Waals surface area contributed by atoms with Crippen LogP contribution in [0.2, 0.25) is 0 Å². The second-order valence-corrected chi connectivity index (χ2v) is 5.48. The molecule has 1 saturated heterocycles. The molecule has 0 aromatic heterocycles. The lowest BCUT2D eigenvalue weighted by molar-refractivity contribution is -0.146. The molecule has 2 fully saturated rings. The molecule has 0 radical (unpaired) electrons. The van der Waals surface area contributed by atoms with Crippen molar-refractivity contribution < 1.29 is 14.6 Å². The molecule has 0 aromatic rings. The summed E-state index contributed by atoms with van der Waals surface area (Å²) in [6.07, 6.45) is 8.22. The summed E-state index contributed by atoms with van der Waals surface area (Å²) in [6, 6.07) is -0.128. The molecule has 1 aliphatic carbocycles. The van der Waals surface area contributed by atoms with Crippen LogP contribution in [0.1, 0.15) is 44.9 Å². The van der Waals surface area contributed by atoms with Gasteiger partial charge < -0.3 is 14.7 Å². The van der Waals surface area contributed by atoms with E-state index in [4.69, 9.17) is 4.74 Å². The molecule has 4 nitrogen and oxygen atoms in total. The van der Waals surface area contributed by atoms with Gasteiger partial charge in [-0.15, -0.1) is 0 Å². The number of carbonyl (C=O) groups excluding carboxylic acids is 1. The molecule has 0 aromatic carbocycles. The highest BCUT2D eigenvalue weighted by molar-refractivity contribution is 5.79. The summed E-state index contributed by atoms with van der Waals surface area (Å²) in [5.41, 5.74) is 0. The van der Waals surface area contributed by atoms with Gasteiger partial charge in [0.15, 0.2) is 0 Å². The maximum absolute atomic E-state index is 12.5. The van der Waals surface area contributed by atoms with Crippen LogP contribution in [0.5, 0.6) is 0 Å². The van der Waals surface area contributed by atoms with E-state index < -0.39 is 0 Å². The molecule has 0 bridgehead atoms. The van der Waals surface area contributed by atoms with E-state index in [1.807, 2.05) is 4.90 Å². The molecule has 1 aliphatic heterocycles. The molecule has 0 spiro atoms. The molecule has 4 heteroatoms. The predicted octanol–water partition coefficient (Wildman–Crippen LogP) is 1.57. The van der Waals surface area contributed by atoms with Crippen molar-refractivity contribution in [3.05, 3.63) is 0 Å². The van der Waals surface area contributed by atoms with Crippen molar-refractivity contribution in [3.63, 3.8) is 0 Å². The summed E-state index contributed by atoms with van der Waals surface area (Å²) < 4.78 is 5.33. The van der Waals surface area contributed by atoms with Gasteiger partial charge in [0.05, 0.1) is 25.9 Å². The third-order valence-electron chi connectivity index (χ3n) is 4.18. The van der Waals surface area contributed by atoms with Crippen LogP contribution in [0.15, 0.2) is 0 Å². The molecule has 1 N–H and O–H groups in total. The number of hydrogen-bond donors (Lipinski definition) is 1. The number of amides is 1. The second-order valence-electron chi connectivity index (χ2n) is 5.48. The Hall–Kier alpha value is -0.610. The van der Waals surface area contributed by atoms with E-state index >= 15 is 0 Å². The van der Waals surface area contributed by atoms with Crippen LogP contribution in [-0.4, -0.2) is 48.3 Å². The van der Waals surface area contributed by atoms with Crippen LogP contribution in [0.25, 0.3) is 0 Å². The quantitative estimate of drug-likeness (QED) is 0.815. The number of aliphatic hydroxyl groups excluding tert-OH is 1. The Bertz CT molecular complexity index is 262. The Kier molecular flexibility index (Phi) is 5.45. The summed E-state index contributed by atoms with van der Waals surface area (Å²) in [7, 11) is 0. The average molecular weight is 255 g/mol. The molecule has 1 unspecified atom stereocenters. The highest BCUT2D eigenvalue weighted by atomic mass is 16.5. The topological polar surface area (TPSA) is 49.8 Å². The number of aliphatic hydroxyl groups is 1. The fourth-order valence-corrected chi connectivity index (χ4v) is 3.03. The van der Waals surface area contributed by atoms with Gasteiger partial charge in [-0.2, -0.15) is 0 Å². The maximum atomic E-state index is 12.5. The fourth-order valence-electron chi connectivity index (χ4n) is 3.03. The number of hydrogen-bond acceptors (Lipinski definition) is 3. The SMILES string of the molecule is O=C(C1CCCCCCC1)N1CCOCC1CO. The van der Waals surface area contributed by atoms with Crippen LogP contribution >= 0.6 is 0 Å². The van der Waals surface area contributed by atoms with E-state index in [0.29, 0.717) is 19.8 Å². The minimum Gasteiger partial charge on any atom is -0.394 e. The molecule has 1 saturated carbocycles. The van der Waals surface area contributed by atoms with Crippen LogP contribution in [0.3, 0.4) is 0 Å². The number of carbonyl (C=O) groups is 1. The molecule has 1 amide bonds. The van der Waals surface area contributed by atoms with Crippen molar-refractivity contribution in [2.75, 3.05) is 26.4 Å². The van der Waals surface area contributed by atoms with Crippen molar-refractivity contribution >= 4 is 5.91 Å². The van der Waals surface area contributed by atoms with Gasteiger partial charge in [-0.3, -0.25) is 4.79 Å². The second kappa shape index (κ2) is 7.10. The Labute approximate surface area is 109 Å². The Morgan fingerprint density at radius 1 is 1.17 bits per heavy atom. The van der Waals surface area contributed by atoms with Crippen LogP contribution in [0.4, 0.5) is 0 Å². The van der Waals surface area contributed by atoms with Crippen molar-refractivity contribution in [1.29, 1.82) is 0 Å². The molecule has 2 aliphatic rings. The van der Waals surface area contributed by atoms with Gasteiger partial charge in [0, 0.05) is 12.5 Å². The van der Waals surface area contributed by atoms with E-state index in [1.165, 1.54) is 32.1 Å². The zero-order valence-electron chi connectivity index (χ0n) is 11.1. The van der Waals surface area contributed by atoms with Crippen molar-refractivity contribution in [3.8, 4) is 0 Å². The zero-order chi connectivity index (χ0) is 12.8. The Morgan fingerprint density at radius 3 is 2.50 bits per heavy atom. The maximum Gasteiger partial charge on any atom is 0.226 e. The third kappa shape index (κ3) is 3.45. The standard InChI is InChI=1S/C14H25NO3/c16-10-13-11-18-9-8-15(13)14(17)12-6-4-2-1-3-5-7-12/h12-13,16H,1-11H2. The summed E-state index contributed by atoms with van der Waals surface area (Å²) in [6.45, 7) is 1.74. The fraction of sp³-hybridized carbons (Fsp3) is 0.929. The highest BCUT2D eigenvalue weighted by Crippen LogP contribution is 2.25. The highest BCUT2D eigenvalue weighted by Gasteiger charge is 2.31. The van der Waals surface area contributed by atoms with E-state index in [2.05, 4.69) is 0 Å². The van der Waals surface area contributed by atoms with E-state index in [9.17, 15) is 9.90 Å². The Balaban J connectivity index is 1.94. The summed E-state index contributed by atoms with van der Waals surface area (Å²) in [4.78, 5) is 14.4. The number of morpholine rings is 1. The normalized spacial score (nSPS) is 27.6. The average Bonchev–Trinajstić information content (AvgIpc) is 2.37. The Morgan fingerprint density at radius 2 is 1.83 bits per heavy atom. The van der Waals surface area contributed by atoms with E-state index in [0.717, 1.165) is 12.8 Å². The summed E-state index contributed by atoms with van der Waals surface area (Å²) in [5, 5.41) is 9.34. The van der Waals surface area contributed by atoms with Crippen LogP contribution in [0, 0.1) is 5.92 Å². The minimum atomic E-state index is -0.128. The lowest BCUT2D eigenvalue weighted by atomic mass is 9.89. The number of rotatable bonds is 2. The molecule has 2 rings (SSSR count). The van der Waals surface area contributed by atoms with Crippen LogP contribution < -0.4 is 0 Å². The summed E-state index contributed by atoms with van der Waals surface area (Å²) >= 11 is 0. The van der Waals surface area contributed by atoms with Gasteiger partial charge in [-0.1, -0.05) is 32.1 Å². The zero-order valence-corrected chi connectivity index (χ0v) is 11.1. The smallest absolute Gasteiger partial charge is 0.226 e. The largest absolute Gasteiger partial charge is 0.394 e. The molecule has 1 heterocycles. The minimum absolute atomic E-state index is 0.0124. The van der Waals surface area contributed by atoms with Crippen molar-refractivity contribution in [2.45, 2.75) is 51.0 Å². The van der Waals surface area contributed by atoms with E-state index in [1.54, 1.807) is 0 Å². The third-order valence-corrected chi connectivity index (χ3v) is 4.18. The monoisotopic (exact) mass is 255 g/mol. The van der Waals surface area contributed by atoms with Gasteiger partial charge in [0.1, 0.15) is 0 Å². The van der Waals surface area contributed by atoms with Gasteiger partial charge in [0.2, 0.25) is 5.91 Å². The first kappa shape index (κ1) is 13.8. The molecular weight excluding hydrogens is 230 g/mol. The first-order valence-electron chi connectivity index (χ1n) is 7.32. The number of ether oxygens (including phenoxy) is 1. The summed E-state index contributed by atoms with van der Waals surface area (Å²) in [5.74, 6) is 0.428. The van der Waals surface area contributed by atoms with E-state index in [-0.39, 0.29) is 24.5 Å². The molecule has 104 valence electrons. The van der Waals surface area contributed by atoms with Gasteiger partial charge in [-0.05, 0) is 12.8 Å². The predicted molar refractivity (Wildman–Crippen MR) is 69.2 cm³/mol. The first-order valence-corrected chi connectivity index (χ1v) is 7.32. The molecule has 1 atom stereocenters. The molecule has 18 heavy (non-hydrogen) atoms. The lowest BCUT2D eigenvalue weighted by Crippen LogP contribution is -2.52. The lowest BCUT2D eigenvalue weighted by Gasteiger charge is -2.37. The van der Waals surface area contributed by atoms with Crippen molar-refractivity contribution in [2.24, 2.45) is 5.92 Å². The number of nitrogens with zero attached hydrogens (tertiary/aromatic N) is 1. The van der Waals surface area contributed by atoms with Crippen molar-refractivity contribution in [1.82, 2.24) is 4.90 Å². The van der Waals surface area contributed by atoms with Crippen LogP contribution in [-0.2, 0) is 9.53 Å². The van der Waals surface area contributed by atoms with Gasteiger partial charge in [0.25, 0.3) is 0 Å². The molecular formula is C14H25NO3. The van der Waals surface area contributed by atoms with Gasteiger partial charge in [-0.25, -0.2) is 0 Å². The van der Waals surface area contributed by atoms with Gasteiger partial charge >= 0.3 is 0 Å².